The summed E-state index contributed by atoms with van der Waals surface area (Å²) < 4.78 is 0. The molecule has 0 radical (unpaired) electrons. The summed E-state index contributed by atoms with van der Waals surface area (Å²) in [5, 5.41) is 3.20. The molecule has 0 unspecified atom stereocenters. The molecule has 144 valence electrons. The first-order valence-electron chi connectivity index (χ1n) is 9.36. The molecule has 0 spiro atoms. The fourth-order valence-electron chi connectivity index (χ4n) is 3.55. The molecule has 0 bridgehead atoms. The van der Waals surface area contributed by atoms with E-state index in [0.717, 1.165) is 52.1 Å². The van der Waals surface area contributed by atoms with E-state index in [2.05, 4.69) is 42.1 Å². The number of rotatable bonds is 8. The van der Waals surface area contributed by atoms with Gasteiger partial charge in [-0.05, 0) is 38.4 Å². The summed E-state index contributed by atoms with van der Waals surface area (Å²) in [7, 11) is 4.16. The smallest absolute Gasteiger partial charge is 0.222 e. The lowest BCUT2D eigenvalue weighted by atomic mass is 9.88. The van der Waals surface area contributed by atoms with E-state index < -0.39 is 0 Å². The van der Waals surface area contributed by atoms with Gasteiger partial charge in [-0.1, -0.05) is 19.9 Å². The number of hydrogen-bond donors (Lipinski definition) is 2. The van der Waals surface area contributed by atoms with E-state index in [1.54, 1.807) is 0 Å². The third-order valence-electron chi connectivity index (χ3n) is 4.93. The molecular weight excluding hydrogens is 314 g/mol. The highest BCUT2D eigenvalue weighted by molar-refractivity contribution is 6.03. The second kappa shape index (κ2) is 10.7. The van der Waals surface area contributed by atoms with Gasteiger partial charge in [0.2, 0.25) is 5.91 Å². The van der Waals surface area contributed by atoms with Crippen molar-refractivity contribution in [3.8, 4) is 0 Å². The summed E-state index contributed by atoms with van der Waals surface area (Å²) in [6.07, 6.45) is 5.06. The predicted octanol–water partition coefficient (Wildman–Crippen LogP) is 1.97. The highest BCUT2D eigenvalue weighted by atomic mass is 16.2. The summed E-state index contributed by atoms with van der Waals surface area (Å²) in [6.45, 7) is 9.86. The van der Waals surface area contributed by atoms with E-state index in [-0.39, 0.29) is 6.15 Å². The number of carbonyl (C=O) groups excluding carboxylic acids is 1. The Bertz CT molecular complexity index is 478. The van der Waals surface area contributed by atoms with Crippen molar-refractivity contribution < 1.29 is 4.79 Å². The van der Waals surface area contributed by atoms with Gasteiger partial charge in [0.05, 0.1) is 6.54 Å². The van der Waals surface area contributed by atoms with Crippen LogP contribution in [0.3, 0.4) is 0 Å². The van der Waals surface area contributed by atoms with Crippen molar-refractivity contribution in [2.45, 2.75) is 33.1 Å². The Kier molecular flexibility index (Phi) is 9.32. The number of nitrogens with zero attached hydrogens (tertiary/aromatic N) is 3. The molecule has 1 fully saturated rings. The van der Waals surface area contributed by atoms with Crippen LogP contribution in [0.25, 0.3) is 0 Å². The Morgan fingerprint density at radius 2 is 2.08 bits per heavy atom. The van der Waals surface area contributed by atoms with Gasteiger partial charge in [0, 0.05) is 50.8 Å². The van der Waals surface area contributed by atoms with Crippen molar-refractivity contribution in [1.29, 1.82) is 0 Å². The van der Waals surface area contributed by atoms with E-state index in [1.165, 1.54) is 11.3 Å². The Labute approximate surface area is 153 Å². The van der Waals surface area contributed by atoms with E-state index in [1.807, 2.05) is 7.05 Å². The molecule has 2 aliphatic rings. The van der Waals surface area contributed by atoms with Crippen LogP contribution in [0.1, 0.15) is 33.1 Å². The highest BCUT2D eigenvalue weighted by Gasteiger charge is 2.29. The largest absolute Gasteiger partial charge is 0.344 e. The maximum atomic E-state index is 12.2. The molecule has 0 aromatic rings. The Balaban J connectivity index is 0.00000312. The Morgan fingerprint density at radius 3 is 2.68 bits per heavy atom. The summed E-state index contributed by atoms with van der Waals surface area (Å²) in [4.78, 5) is 21.4. The van der Waals surface area contributed by atoms with Crippen LogP contribution in [0.2, 0.25) is 0 Å². The summed E-state index contributed by atoms with van der Waals surface area (Å²) in [6, 6.07) is 0. The van der Waals surface area contributed by atoms with Gasteiger partial charge in [-0.2, -0.15) is 0 Å². The van der Waals surface area contributed by atoms with Gasteiger partial charge < -0.3 is 21.3 Å². The fourth-order valence-corrected chi connectivity index (χ4v) is 3.55. The van der Waals surface area contributed by atoms with Crippen molar-refractivity contribution in [2.24, 2.45) is 16.8 Å². The Hall–Kier alpha value is -1.24. The van der Waals surface area contributed by atoms with Gasteiger partial charge in [-0.3, -0.25) is 9.79 Å². The molecule has 6 nitrogen and oxygen atoms in total. The molecule has 4 N–H and O–H groups in total. The van der Waals surface area contributed by atoms with Crippen LogP contribution in [-0.2, 0) is 4.79 Å². The number of aliphatic imine (C=N–C) groups is 1. The fraction of sp³-hybridized carbons (Fsp3) is 0.789. The summed E-state index contributed by atoms with van der Waals surface area (Å²) >= 11 is 0. The number of hydrogen-bond acceptors (Lipinski definition) is 5. The van der Waals surface area contributed by atoms with Crippen molar-refractivity contribution in [3.63, 3.8) is 0 Å². The van der Waals surface area contributed by atoms with Gasteiger partial charge in [0.15, 0.2) is 0 Å². The van der Waals surface area contributed by atoms with Crippen molar-refractivity contribution in [3.05, 3.63) is 11.6 Å². The second-order valence-electron chi connectivity index (χ2n) is 7.55. The van der Waals surface area contributed by atoms with Crippen LogP contribution in [0, 0.1) is 11.8 Å². The second-order valence-corrected chi connectivity index (χ2v) is 7.55. The molecule has 1 amide bonds. The van der Waals surface area contributed by atoms with Crippen LogP contribution < -0.4 is 11.5 Å². The molecule has 0 atom stereocenters. The SMILES string of the molecule is CNCCN(C)CC1=CCN=C1C1CCN(C(=O)CC(C)C)CC1.N. The molecule has 0 aromatic carbocycles. The van der Waals surface area contributed by atoms with Crippen molar-refractivity contribution in [2.75, 3.05) is 53.4 Å². The lowest BCUT2D eigenvalue weighted by molar-refractivity contribution is -0.133. The predicted molar refractivity (Wildman–Crippen MR) is 106 cm³/mol. The zero-order chi connectivity index (χ0) is 17.5. The molecule has 0 aromatic heterocycles. The van der Waals surface area contributed by atoms with Gasteiger partial charge in [-0.15, -0.1) is 0 Å². The first-order chi connectivity index (χ1) is 11.5. The zero-order valence-electron chi connectivity index (χ0n) is 16.6. The van der Waals surface area contributed by atoms with Crippen LogP contribution in [0.15, 0.2) is 16.6 Å². The zero-order valence-corrected chi connectivity index (χ0v) is 16.6. The molecule has 2 aliphatic heterocycles. The van der Waals surface area contributed by atoms with E-state index in [0.29, 0.717) is 24.2 Å². The highest BCUT2D eigenvalue weighted by Crippen LogP contribution is 2.25. The maximum Gasteiger partial charge on any atom is 0.222 e. The minimum atomic E-state index is 0. The maximum absolute atomic E-state index is 12.2. The minimum Gasteiger partial charge on any atom is -0.344 e. The normalized spacial score (nSPS) is 18.4. The number of amides is 1. The number of nitrogens with one attached hydrogen (secondary N) is 1. The Morgan fingerprint density at radius 1 is 1.40 bits per heavy atom. The monoisotopic (exact) mass is 351 g/mol. The molecule has 6 heteroatoms. The van der Waals surface area contributed by atoms with Crippen LogP contribution >= 0.6 is 0 Å². The number of carbonyl (C=O) groups is 1. The van der Waals surface area contributed by atoms with E-state index in [9.17, 15) is 4.79 Å². The average Bonchev–Trinajstić information content (AvgIpc) is 3.00. The van der Waals surface area contributed by atoms with E-state index >= 15 is 0 Å². The van der Waals surface area contributed by atoms with Crippen LogP contribution in [-0.4, -0.2) is 74.8 Å². The van der Waals surface area contributed by atoms with Gasteiger partial charge in [-0.25, -0.2) is 0 Å². The van der Waals surface area contributed by atoms with Crippen molar-refractivity contribution in [1.82, 2.24) is 21.3 Å². The lowest BCUT2D eigenvalue weighted by Crippen LogP contribution is -2.41. The standard InChI is InChI=1S/C19H34N4O.H3N/c1-15(2)13-18(24)23-10-6-16(7-11-23)19-17(5-8-21-19)14-22(4)12-9-20-3;/h5,15-16,20H,6-14H2,1-4H3;1H3. The molecular formula is C19H37N5O. The quantitative estimate of drug-likeness (QED) is 0.700. The van der Waals surface area contributed by atoms with Crippen LogP contribution in [0.4, 0.5) is 0 Å². The lowest BCUT2D eigenvalue weighted by Gasteiger charge is -2.33. The van der Waals surface area contributed by atoms with Crippen LogP contribution in [0.5, 0.6) is 0 Å². The number of piperidine rings is 1. The van der Waals surface area contributed by atoms with Gasteiger partial charge in [0.1, 0.15) is 0 Å². The molecule has 2 heterocycles. The first kappa shape index (κ1) is 21.8. The number of likely N-dealkylation sites (tertiary alicyclic amines) is 1. The molecule has 1 saturated heterocycles. The first-order valence-corrected chi connectivity index (χ1v) is 9.36. The molecule has 0 aliphatic carbocycles. The molecule has 25 heavy (non-hydrogen) atoms. The molecule has 2 rings (SSSR count). The molecule has 0 saturated carbocycles. The van der Waals surface area contributed by atoms with Gasteiger partial charge >= 0.3 is 0 Å². The topological polar surface area (TPSA) is 82.9 Å². The summed E-state index contributed by atoms with van der Waals surface area (Å²) in [5.41, 5.74) is 2.71. The summed E-state index contributed by atoms with van der Waals surface area (Å²) in [5.74, 6) is 1.29. The average molecular weight is 352 g/mol. The van der Waals surface area contributed by atoms with E-state index in [4.69, 9.17) is 4.99 Å². The third-order valence-corrected chi connectivity index (χ3v) is 4.93. The van der Waals surface area contributed by atoms with Gasteiger partial charge in [0.25, 0.3) is 0 Å². The minimum absolute atomic E-state index is 0. The third kappa shape index (κ3) is 6.53. The number of likely N-dealkylation sites (N-methyl/N-ethyl adjacent to an activating group) is 2. The van der Waals surface area contributed by atoms with Crippen molar-refractivity contribution >= 4 is 11.6 Å².